The van der Waals surface area contributed by atoms with E-state index in [0.717, 1.165) is 29.0 Å². The molecule has 0 spiro atoms. The van der Waals surface area contributed by atoms with Crippen molar-refractivity contribution < 1.29 is 14.6 Å². The highest BCUT2D eigenvalue weighted by Gasteiger charge is 2.25. The lowest BCUT2D eigenvalue weighted by molar-refractivity contribution is -0.0149. The Morgan fingerprint density at radius 2 is 1.64 bits per heavy atom. The minimum Gasteiger partial charge on any atom is -0.439 e. The van der Waals surface area contributed by atoms with Crippen LogP contribution in [0.4, 0.5) is 0 Å². The predicted molar refractivity (Wildman–Crippen MR) is 132 cm³/mol. The van der Waals surface area contributed by atoms with Gasteiger partial charge in [0.05, 0.1) is 24.4 Å². The largest absolute Gasteiger partial charge is 0.439 e. The number of benzene rings is 2. The Hall–Kier alpha value is -2.67. The Kier molecular flexibility index (Phi) is 9.06. The van der Waals surface area contributed by atoms with Gasteiger partial charge in [-0.3, -0.25) is 4.90 Å². The first-order valence-corrected chi connectivity index (χ1v) is 11.8. The molecule has 0 unspecified atom stereocenters. The van der Waals surface area contributed by atoms with E-state index >= 15 is 0 Å². The van der Waals surface area contributed by atoms with E-state index in [1.165, 1.54) is 0 Å². The van der Waals surface area contributed by atoms with Gasteiger partial charge in [0.2, 0.25) is 5.88 Å². The van der Waals surface area contributed by atoms with E-state index in [0.29, 0.717) is 25.6 Å². The molecule has 6 heteroatoms. The molecule has 33 heavy (non-hydrogen) atoms. The van der Waals surface area contributed by atoms with Crippen LogP contribution in [0.5, 0.6) is 11.6 Å². The molecule has 0 aliphatic heterocycles. The Balaban J connectivity index is 1.96. The van der Waals surface area contributed by atoms with E-state index in [-0.39, 0.29) is 12.1 Å². The van der Waals surface area contributed by atoms with Gasteiger partial charge in [0.25, 0.3) is 0 Å². The number of aliphatic hydroxyl groups is 1. The molecule has 1 heterocycles. The molecule has 1 aromatic heterocycles. The molecule has 3 aromatic rings. The van der Waals surface area contributed by atoms with Crippen LogP contribution in [0.2, 0.25) is 0 Å². The van der Waals surface area contributed by atoms with Crippen LogP contribution in [0, 0.1) is 0 Å². The molecule has 2 atom stereocenters. The van der Waals surface area contributed by atoms with Gasteiger partial charge in [-0.05, 0) is 39.3 Å². The van der Waals surface area contributed by atoms with Gasteiger partial charge in [-0.15, -0.1) is 0 Å². The quantitative estimate of drug-likeness (QED) is 0.407. The maximum Gasteiger partial charge on any atom is 0.222 e. The average molecular weight is 452 g/mol. The van der Waals surface area contributed by atoms with Gasteiger partial charge >= 0.3 is 0 Å². The molecule has 178 valence electrons. The molecule has 0 bridgehead atoms. The SMILES string of the molecule is CC[C@H](C)N(Cc1c(-c2ccccc2)nn(C)c1Oc1ccccc1)C[C@H](O)COC(C)C. The number of nitrogens with zero attached hydrogens (tertiary/aromatic N) is 3. The Bertz CT molecular complexity index is 973. The number of para-hydroxylation sites is 1. The lowest BCUT2D eigenvalue weighted by Crippen LogP contribution is -2.40. The van der Waals surface area contributed by atoms with E-state index in [1.807, 2.05) is 69.4 Å². The third-order valence-corrected chi connectivity index (χ3v) is 5.74. The van der Waals surface area contributed by atoms with Crippen molar-refractivity contribution in [2.75, 3.05) is 13.2 Å². The molecular formula is C27H37N3O3. The zero-order valence-electron chi connectivity index (χ0n) is 20.4. The van der Waals surface area contributed by atoms with E-state index in [9.17, 15) is 5.11 Å². The molecule has 0 radical (unpaired) electrons. The van der Waals surface area contributed by atoms with Crippen LogP contribution in [0.15, 0.2) is 60.7 Å². The zero-order chi connectivity index (χ0) is 23.8. The van der Waals surface area contributed by atoms with Crippen molar-refractivity contribution in [3.63, 3.8) is 0 Å². The van der Waals surface area contributed by atoms with Crippen LogP contribution in [0.25, 0.3) is 11.3 Å². The second-order valence-corrected chi connectivity index (χ2v) is 8.76. The highest BCUT2D eigenvalue weighted by Crippen LogP contribution is 2.34. The van der Waals surface area contributed by atoms with Gasteiger partial charge in [-0.2, -0.15) is 5.10 Å². The molecule has 0 amide bonds. The Morgan fingerprint density at radius 1 is 1.00 bits per heavy atom. The first kappa shape index (κ1) is 25.0. The van der Waals surface area contributed by atoms with Gasteiger partial charge < -0.3 is 14.6 Å². The number of hydrogen-bond donors (Lipinski definition) is 1. The summed E-state index contributed by atoms with van der Waals surface area (Å²) in [5, 5.41) is 15.5. The number of ether oxygens (including phenoxy) is 2. The van der Waals surface area contributed by atoms with Crippen LogP contribution in [-0.4, -0.2) is 51.2 Å². The third kappa shape index (κ3) is 6.90. The number of aryl methyl sites for hydroxylation is 1. The monoisotopic (exact) mass is 451 g/mol. The van der Waals surface area contributed by atoms with E-state index in [1.54, 1.807) is 4.68 Å². The van der Waals surface area contributed by atoms with Crippen molar-refractivity contribution in [1.82, 2.24) is 14.7 Å². The highest BCUT2D eigenvalue weighted by molar-refractivity contribution is 5.65. The fourth-order valence-corrected chi connectivity index (χ4v) is 3.74. The molecular weight excluding hydrogens is 414 g/mol. The average Bonchev–Trinajstić information content (AvgIpc) is 3.13. The van der Waals surface area contributed by atoms with Gasteiger partial charge in [0.1, 0.15) is 11.4 Å². The van der Waals surface area contributed by atoms with Crippen molar-refractivity contribution in [3.05, 3.63) is 66.2 Å². The summed E-state index contributed by atoms with van der Waals surface area (Å²) in [7, 11) is 1.91. The lowest BCUT2D eigenvalue weighted by atomic mass is 10.1. The van der Waals surface area contributed by atoms with Gasteiger partial charge in [-0.1, -0.05) is 55.5 Å². The minimum atomic E-state index is -0.572. The second kappa shape index (κ2) is 12.0. The number of aliphatic hydroxyl groups excluding tert-OH is 1. The second-order valence-electron chi connectivity index (χ2n) is 8.76. The summed E-state index contributed by atoms with van der Waals surface area (Å²) in [6.45, 7) is 9.74. The highest BCUT2D eigenvalue weighted by atomic mass is 16.5. The lowest BCUT2D eigenvalue weighted by Gasteiger charge is -2.31. The summed E-state index contributed by atoms with van der Waals surface area (Å²) in [5.74, 6) is 1.48. The number of hydrogen-bond acceptors (Lipinski definition) is 5. The maximum absolute atomic E-state index is 10.7. The Morgan fingerprint density at radius 3 is 2.24 bits per heavy atom. The Labute approximate surface area is 197 Å². The summed E-state index contributed by atoms with van der Waals surface area (Å²) in [6, 6.07) is 20.2. The fraction of sp³-hybridized carbons (Fsp3) is 0.444. The number of aromatic nitrogens is 2. The van der Waals surface area contributed by atoms with Crippen molar-refractivity contribution in [3.8, 4) is 22.9 Å². The summed E-state index contributed by atoms with van der Waals surface area (Å²) in [5.41, 5.74) is 2.94. The summed E-state index contributed by atoms with van der Waals surface area (Å²) >= 11 is 0. The van der Waals surface area contributed by atoms with E-state index < -0.39 is 6.10 Å². The first-order chi connectivity index (χ1) is 15.9. The van der Waals surface area contributed by atoms with Gasteiger partial charge in [0.15, 0.2) is 0 Å². The molecule has 0 aliphatic rings. The molecule has 0 saturated heterocycles. The molecule has 3 rings (SSSR count). The van der Waals surface area contributed by atoms with Crippen LogP contribution >= 0.6 is 0 Å². The molecule has 0 aliphatic carbocycles. The normalized spacial score (nSPS) is 13.5. The van der Waals surface area contributed by atoms with Gasteiger partial charge in [-0.25, -0.2) is 4.68 Å². The maximum atomic E-state index is 10.7. The molecule has 0 fully saturated rings. The molecule has 2 aromatic carbocycles. The van der Waals surface area contributed by atoms with E-state index in [4.69, 9.17) is 14.6 Å². The molecule has 1 N–H and O–H groups in total. The van der Waals surface area contributed by atoms with Crippen molar-refractivity contribution in [1.29, 1.82) is 0 Å². The van der Waals surface area contributed by atoms with Crippen molar-refractivity contribution >= 4 is 0 Å². The van der Waals surface area contributed by atoms with E-state index in [2.05, 4.69) is 30.9 Å². The number of rotatable bonds is 12. The van der Waals surface area contributed by atoms with Crippen LogP contribution in [0.3, 0.4) is 0 Å². The summed E-state index contributed by atoms with van der Waals surface area (Å²) in [4.78, 5) is 2.29. The standard InChI is InChI=1S/C27H37N3O3/c1-6-21(4)30(17-23(31)19-32-20(2)3)18-25-26(22-13-9-7-10-14-22)28-29(5)27(25)33-24-15-11-8-12-16-24/h7-16,20-21,23,31H,6,17-19H2,1-5H3/t21-,23-/m0/s1. The van der Waals surface area contributed by atoms with Crippen LogP contribution in [0.1, 0.15) is 39.7 Å². The minimum absolute atomic E-state index is 0.0885. The fourth-order valence-electron chi connectivity index (χ4n) is 3.74. The van der Waals surface area contributed by atoms with Crippen LogP contribution < -0.4 is 4.74 Å². The first-order valence-electron chi connectivity index (χ1n) is 11.8. The smallest absolute Gasteiger partial charge is 0.222 e. The van der Waals surface area contributed by atoms with Crippen molar-refractivity contribution in [2.24, 2.45) is 7.05 Å². The topological polar surface area (TPSA) is 59.8 Å². The van der Waals surface area contributed by atoms with Crippen LogP contribution in [-0.2, 0) is 18.3 Å². The van der Waals surface area contributed by atoms with Crippen molar-refractivity contribution in [2.45, 2.75) is 58.9 Å². The molecule has 6 nitrogen and oxygen atoms in total. The summed E-state index contributed by atoms with van der Waals surface area (Å²) < 4.78 is 13.8. The summed E-state index contributed by atoms with van der Waals surface area (Å²) in [6.07, 6.45) is 0.482. The molecule has 0 saturated carbocycles. The van der Waals surface area contributed by atoms with Gasteiger partial charge in [0, 0.05) is 31.7 Å². The predicted octanol–water partition coefficient (Wildman–Crippen LogP) is 5.27. The zero-order valence-corrected chi connectivity index (χ0v) is 20.4. The third-order valence-electron chi connectivity index (χ3n) is 5.74.